The van der Waals surface area contributed by atoms with Gasteiger partial charge in [-0.15, -0.1) is 0 Å². The first-order valence-corrected chi connectivity index (χ1v) is 8.42. The Morgan fingerprint density at radius 2 is 1.70 bits per heavy atom. The average molecular weight is 384 g/mol. The molecular formula is C18H16N4O4S. The Kier molecular flexibility index (Phi) is 5.24. The fraction of sp³-hybridized carbons (Fsp3) is 0.278. The highest BCUT2D eigenvalue weighted by atomic mass is 32.1. The molecule has 0 saturated carbocycles. The molecule has 0 amide bonds. The molecule has 0 unspecified atom stereocenters. The molecule has 2 heterocycles. The number of hydrogen-bond acceptors (Lipinski definition) is 8. The number of nitrogens with two attached hydrogens (primary N) is 1. The second-order valence-electron chi connectivity index (χ2n) is 6.05. The van der Waals surface area contributed by atoms with Crippen molar-refractivity contribution < 1.29 is 20.1 Å². The van der Waals surface area contributed by atoms with E-state index in [1.807, 2.05) is 12.1 Å². The topological polar surface area (TPSA) is 148 Å². The Hall–Kier alpha value is -2.79. The van der Waals surface area contributed by atoms with Crippen molar-refractivity contribution in [1.29, 1.82) is 10.5 Å². The summed E-state index contributed by atoms with van der Waals surface area (Å²) in [5.74, 6) is -0.104. The molecule has 1 aromatic heterocycles. The summed E-state index contributed by atoms with van der Waals surface area (Å²) in [6, 6.07) is 12.7. The van der Waals surface area contributed by atoms with Gasteiger partial charge in [-0.2, -0.15) is 10.5 Å². The summed E-state index contributed by atoms with van der Waals surface area (Å²) in [6.45, 7) is -0.270. The Morgan fingerprint density at radius 3 is 2.30 bits per heavy atom. The summed E-state index contributed by atoms with van der Waals surface area (Å²) in [4.78, 5) is 0. The zero-order valence-electron chi connectivity index (χ0n) is 14.0. The molecule has 27 heavy (non-hydrogen) atoms. The van der Waals surface area contributed by atoms with Crippen LogP contribution >= 0.6 is 12.2 Å². The molecule has 0 radical (unpaired) electrons. The van der Waals surface area contributed by atoms with Crippen LogP contribution < -0.4 is 5.73 Å². The highest BCUT2D eigenvalue weighted by Crippen LogP contribution is 2.36. The molecule has 1 aliphatic heterocycles. The van der Waals surface area contributed by atoms with Crippen molar-refractivity contribution in [2.45, 2.75) is 24.5 Å². The zero-order valence-corrected chi connectivity index (χ0v) is 14.8. The quantitative estimate of drug-likeness (QED) is 0.556. The molecule has 1 fully saturated rings. The van der Waals surface area contributed by atoms with Crippen molar-refractivity contribution >= 4 is 18.0 Å². The van der Waals surface area contributed by atoms with Crippen LogP contribution in [0.5, 0.6) is 0 Å². The van der Waals surface area contributed by atoms with Crippen LogP contribution in [0.15, 0.2) is 30.3 Å². The third-order valence-electron chi connectivity index (χ3n) is 4.46. The zero-order chi connectivity index (χ0) is 19.7. The van der Waals surface area contributed by atoms with Crippen LogP contribution in [0, 0.1) is 27.3 Å². The van der Waals surface area contributed by atoms with E-state index < -0.39 is 24.5 Å². The molecule has 138 valence electrons. The van der Waals surface area contributed by atoms with Gasteiger partial charge in [-0.05, 0) is 5.56 Å². The molecule has 1 saturated heterocycles. The first kappa shape index (κ1) is 19.0. The summed E-state index contributed by atoms with van der Waals surface area (Å²) in [7, 11) is 0. The first-order chi connectivity index (χ1) is 12.9. The second kappa shape index (κ2) is 7.45. The van der Waals surface area contributed by atoms with E-state index >= 15 is 0 Å². The van der Waals surface area contributed by atoms with Gasteiger partial charge in [-0.3, -0.25) is 4.57 Å². The van der Waals surface area contributed by atoms with Crippen LogP contribution in [-0.2, 0) is 4.74 Å². The Labute approximate surface area is 159 Å². The number of anilines is 1. The number of aliphatic hydroxyl groups is 3. The number of pyridine rings is 1. The van der Waals surface area contributed by atoms with Gasteiger partial charge in [0.05, 0.1) is 12.2 Å². The predicted molar refractivity (Wildman–Crippen MR) is 97.6 cm³/mol. The van der Waals surface area contributed by atoms with Crippen LogP contribution in [0.4, 0.5) is 5.82 Å². The Bertz CT molecular complexity index is 1010. The lowest BCUT2D eigenvalue weighted by Crippen LogP contribution is -2.51. The minimum absolute atomic E-state index is 0.00256. The number of nitriles is 2. The van der Waals surface area contributed by atoms with Crippen LogP contribution in [0.2, 0.25) is 0 Å². The predicted octanol–water partition coefficient (Wildman–Crippen LogP) is 0.822. The lowest BCUT2D eigenvalue weighted by atomic mass is 9.96. The number of nitrogen functional groups attached to an aromatic ring is 1. The van der Waals surface area contributed by atoms with Crippen LogP contribution in [-0.4, -0.2) is 44.8 Å². The van der Waals surface area contributed by atoms with Crippen LogP contribution in [0.3, 0.4) is 0 Å². The van der Waals surface area contributed by atoms with Gasteiger partial charge in [-0.25, -0.2) is 0 Å². The molecule has 0 spiro atoms. The number of benzene rings is 1. The molecular weight excluding hydrogens is 368 g/mol. The average Bonchev–Trinajstić information content (AvgIpc) is 2.68. The highest BCUT2D eigenvalue weighted by Gasteiger charge is 2.40. The molecule has 9 heteroatoms. The van der Waals surface area contributed by atoms with Crippen molar-refractivity contribution in [1.82, 2.24) is 4.57 Å². The van der Waals surface area contributed by atoms with Crippen LogP contribution in [0.1, 0.15) is 17.4 Å². The summed E-state index contributed by atoms with van der Waals surface area (Å²) < 4.78 is 6.50. The number of nitrogens with zero attached hydrogens (tertiary/aromatic N) is 3. The van der Waals surface area contributed by atoms with E-state index in [2.05, 4.69) is 0 Å². The van der Waals surface area contributed by atoms with Gasteiger partial charge in [0.1, 0.15) is 46.5 Å². The largest absolute Gasteiger partial charge is 0.388 e. The maximum Gasteiger partial charge on any atom is 0.165 e. The minimum Gasteiger partial charge on any atom is -0.388 e. The first-order valence-electron chi connectivity index (χ1n) is 8.01. The third kappa shape index (κ3) is 3.08. The number of hydrogen-bond donors (Lipinski definition) is 4. The van der Waals surface area contributed by atoms with Crippen molar-refractivity contribution in [3.05, 3.63) is 46.1 Å². The minimum atomic E-state index is -1.55. The highest BCUT2D eigenvalue weighted by molar-refractivity contribution is 7.71. The fourth-order valence-corrected chi connectivity index (χ4v) is 3.44. The SMILES string of the molecule is N#Cc1c(-c2ccccc2)c(C#N)c(=S)n([C@@H]2OC[C@@H](O)[C@@H](O)[C@H]2O)c1N. The molecule has 0 bridgehead atoms. The van der Waals surface area contributed by atoms with E-state index in [1.165, 1.54) is 0 Å². The van der Waals surface area contributed by atoms with E-state index in [0.29, 0.717) is 11.1 Å². The number of aromatic nitrogens is 1. The van der Waals surface area contributed by atoms with Gasteiger partial charge < -0.3 is 25.8 Å². The Morgan fingerprint density at radius 1 is 1.07 bits per heavy atom. The molecule has 5 N–H and O–H groups in total. The monoisotopic (exact) mass is 384 g/mol. The van der Waals surface area contributed by atoms with Crippen molar-refractivity contribution in [2.75, 3.05) is 12.3 Å². The van der Waals surface area contributed by atoms with E-state index in [4.69, 9.17) is 22.7 Å². The van der Waals surface area contributed by atoms with Crippen molar-refractivity contribution in [3.8, 4) is 23.3 Å². The van der Waals surface area contributed by atoms with Gasteiger partial charge in [0.2, 0.25) is 0 Å². The summed E-state index contributed by atoms with van der Waals surface area (Å²) >= 11 is 5.39. The lowest BCUT2D eigenvalue weighted by Gasteiger charge is -2.37. The Balaban J connectivity index is 2.29. The molecule has 1 aromatic carbocycles. The molecule has 4 atom stereocenters. The van der Waals surface area contributed by atoms with Crippen molar-refractivity contribution in [2.24, 2.45) is 0 Å². The summed E-state index contributed by atoms with van der Waals surface area (Å²) in [5, 5.41) is 49.2. The van der Waals surface area contributed by atoms with Gasteiger partial charge in [0.15, 0.2) is 6.23 Å². The summed E-state index contributed by atoms with van der Waals surface area (Å²) in [5.41, 5.74) is 7.08. The van der Waals surface area contributed by atoms with Crippen molar-refractivity contribution in [3.63, 3.8) is 0 Å². The van der Waals surface area contributed by atoms with E-state index in [-0.39, 0.29) is 28.2 Å². The third-order valence-corrected chi connectivity index (χ3v) is 4.86. The summed E-state index contributed by atoms with van der Waals surface area (Å²) in [6.07, 6.45) is -5.57. The maximum atomic E-state index is 10.3. The van der Waals surface area contributed by atoms with E-state index in [0.717, 1.165) is 4.57 Å². The number of ether oxygens (including phenoxy) is 1. The second-order valence-corrected chi connectivity index (χ2v) is 6.43. The lowest BCUT2D eigenvalue weighted by molar-refractivity contribution is -0.210. The molecule has 0 aliphatic carbocycles. The number of aliphatic hydroxyl groups excluding tert-OH is 3. The molecule has 3 rings (SSSR count). The van der Waals surface area contributed by atoms with Gasteiger partial charge >= 0.3 is 0 Å². The van der Waals surface area contributed by atoms with Gasteiger partial charge in [-0.1, -0.05) is 42.5 Å². The standard InChI is InChI=1S/C18H16N4O4S/c19-6-10-13(9-4-2-1-3-5-9)11(7-20)18(27)22(16(10)21)17-15(25)14(24)12(23)8-26-17/h1-5,12,14-15,17,23-25H,8,21H2/t12-,14-,15-,17-/m1/s1. The molecule has 1 aliphatic rings. The normalized spacial score (nSPS) is 24.8. The van der Waals surface area contributed by atoms with E-state index in [9.17, 15) is 25.8 Å². The van der Waals surface area contributed by atoms with Gasteiger partial charge in [0, 0.05) is 5.56 Å². The van der Waals surface area contributed by atoms with E-state index in [1.54, 1.807) is 30.3 Å². The molecule has 2 aromatic rings. The fourth-order valence-electron chi connectivity index (χ4n) is 3.09. The number of rotatable bonds is 2. The smallest absolute Gasteiger partial charge is 0.165 e. The maximum absolute atomic E-state index is 10.3. The van der Waals surface area contributed by atoms with Gasteiger partial charge in [0.25, 0.3) is 0 Å². The van der Waals surface area contributed by atoms with Crippen LogP contribution in [0.25, 0.3) is 11.1 Å². The molecule has 8 nitrogen and oxygen atoms in total.